The second-order valence-corrected chi connectivity index (χ2v) is 8.51. The minimum absolute atomic E-state index is 0.190. The standard InChI is InChI=1S/C20H23ClN2O5S/c1-4-18(23(29(3,26)27)15-12-10-14(21)11-13-15)19(24)22-17-9-7-6-8-16(17)20(25)28-5-2/h6-13,18H,4-5H2,1-3H3,(H,22,24)/t18-/m1/s1. The number of amides is 1. The molecule has 0 unspecified atom stereocenters. The van der Waals surface area contributed by atoms with E-state index in [0.29, 0.717) is 10.7 Å². The number of carbonyl (C=O) groups is 2. The van der Waals surface area contributed by atoms with Crippen molar-refractivity contribution in [3.8, 4) is 0 Å². The Labute approximate surface area is 175 Å². The molecule has 0 aliphatic rings. The lowest BCUT2D eigenvalue weighted by atomic mass is 10.1. The molecule has 0 saturated heterocycles. The molecule has 156 valence electrons. The van der Waals surface area contributed by atoms with Gasteiger partial charge in [0.2, 0.25) is 15.9 Å². The Morgan fingerprint density at radius 1 is 1.10 bits per heavy atom. The average molecular weight is 439 g/mol. The predicted octanol–water partition coefficient (Wildman–Crippen LogP) is 3.70. The number of sulfonamides is 1. The Morgan fingerprint density at radius 2 is 1.72 bits per heavy atom. The van der Waals surface area contributed by atoms with Crippen LogP contribution in [0.2, 0.25) is 5.02 Å². The molecule has 1 N–H and O–H groups in total. The first-order chi connectivity index (χ1) is 13.7. The maximum absolute atomic E-state index is 13.0. The predicted molar refractivity (Wildman–Crippen MR) is 114 cm³/mol. The number of halogens is 1. The normalized spacial score (nSPS) is 12.1. The lowest BCUT2D eigenvalue weighted by Crippen LogP contribution is -2.47. The quantitative estimate of drug-likeness (QED) is 0.634. The first-order valence-corrected chi connectivity index (χ1v) is 11.2. The highest BCUT2D eigenvalue weighted by molar-refractivity contribution is 7.92. The second-order valence-electron chi connectivity index (χ2n) is 6.21. The van der Waals surface area contributed by atoms with Gasteiger partial charge in [0.15, 0.2) is 0 Å². The zero-order valence-corrected chi connectivity index (χ0v) is 18.0. The van der Waals surface area contributed by atoms with Crippen molar-refractivity contribution in [3.05, 3.63) is 59.1 Å². The molecule has 0 bridgehead atoms. The van der Waals surface area contributed by atoms with Gasteiger partial charge in [-0.3, -0.25) is 9.10 Å². The summed E-state index contributed by atoms with van der Waals surface area (Å²) in [7, 11) is -3.78. The number of carbonyl (C=O) groups excluding carboxylic acids is 2. The summed E-state index contributed by atoms with van der Waals surface area (Å²) in [6, 6.07) is 11.5. The van der Waals surface area contributed by atoms with Crippen molar-refractivity contribution in [2.45, 2.75) is 26.3 Å². The van der Waals surface area contributed by atoms with E-state index in [9.17, 15) is 18.0 Å². The molecule has 9 heteroatoms. The molecular formula is C20H23ClN2O5S. The molecule has 29 heavy (non-hydrogen) atoms. The molecule has 2 aromatic carbocycles. The van der Waals surface area contributed by atoms with E-state index in [1.807, 2.05) is 0 Å². The number of hydrogen-bond acceptors (Lipinski definition) is 5. The van der Waals surface area contributed by atoms with Crippen molar-refractivity contribution in [2.24, 2.45) is 0 Å². The minimum atomic E-state index is -3.78. The summed E-state index contributed by atoms with van der Waals surface area (Å²) in [5, 5.41) is 3.11. The van der Waals surface area contributed by atoms with E-state index in [-0.39, 0.29) is 24.3 Å². The molecule has 1 amide bonds. The molecule has 0 aromatic heterocycles. The fourth-order valence-electron chi connectivity index (χ4n) is 2.84. The van der Waals surface area contributed by atoms with Crippen LogP contribution in [0.4, 0.5) is 11.4 Å². The highest BCUT2D eigenvalue weighted by Crippen LogP contribution is 2.25. The summed E-state index contributed by atoms with van der Waals surface area (Å²) in [5.74, 6) is -1.14. The van der Waals surface area contributed by atoms with Gasteiger partial charge >= 0.3 is 5.97 Å². The summed E-state index contributed by atoms with van der Waals surface area (Å²) in [6.45, 7) is 3.58. The van der Waals surface area contributed by atoms with Crippen LogP contribution in [0.5, 0.6) is 0 Å². The van der Waals surface area contributed by atoms with Crippen LogP contribution >= 0.6 is 11.6 Å². The van der Waals surface area contributed by atoms with Crippen molar-refractivity contribution in [3.63, 3.8) is 0 Å². The van der Waals surface area contributed by atoms with Gasteiger partial charge in [-0.2, -0.15) is 0 Å². The lowest BCUT2D eigenvalue weighted by molar-refractivity contribution is -0.117. The number of anilines is 2. The van der Waals surface area contributed by atoms with Crippen molar-refractivity contribution in [1.82, 2.24) is 0 Å². The van der Waals surface area contributed by atoms with E-state index in [4.69, 9.17) is 16.3 Å². The van der Waals surface area contributed by atoms with Crippen molar-refractivity contribution in [1.29, 1.82) is 0 Å². The van der Waals surface area contributed by atoms with Crippen molar-refractivity contribution >= 4 is 44.9 Å². The third-order valence-corrected chi connectivity index (χ3v) is 5.52. The van der Waals surface area contributed by atoms with Gasteiger partial charge in [0, 0.05) is 5.02 Å². The Balaban J connectivity index is 2.39. The Kier molecular flexibility index (Phi) is 7.64. The third kappa shape index (κ3) is 5.71. The van der Waals surface area contributed by atoms with Gasteiger partial charge in [0.25, 0.3) is 0 Å². The van der Waals surface area contributed by atoms with Gasteiger partial charge in [-0.25, -0.2) is 13.2 Å². The number of hydrogen-bond donors (Lipinski definition) is 1. The second kappa shape index (κ2) is 9.76. The van der Waals surface area contributed by atoms with Crippen LogP contribution in [0.3, 0.4) is 0 Å². The summed E-state index contributed by atoms with van der Waals surface area (Å²) in [6.07, 6.45) is 1.24. The molecule has 2 rings (SSSR count). The van der Waals surface area contributed by atoms with E-state index in [1.54, 1.807) is 44.2 Å². The smallest absolute Gasteiger partial charge is 0.340 e. The molecule has 0 aliphatic carbocycles. The van der Waals surface area contributed by atoms with Gasteiger partial charge in [-0.05, 0) is 49.7 Å². The SMILES string of the molecule is CCOC(=O)c1ccccc1NC(=O)[C@@H](CC)N(c1ccc(Cl)cc1)S(C)(=O)=O. The number of ether oxygens (including phenoxy) is 1. The van der Waals surface area contributed by atoms with E-state index in [2.05, 4.69) is 5.32 Å². The number of para-hydroxylation sites is 1. The van der Waals surface area contributed by atoms with E-state index in [1.165, 1.54) is 18.2 Å². The minimum Gasteiger partial charge on any atom is -0.462 e. The number of benzene rings is 2. The largest absolute Gasteiger partial charge is 0.462 e. The summed E-state index contributed by atoms with van der Waals surface area (Å²) < 4.78 is 31.0. The molecular weight excluding hydrogens is 416 g/mol. The molecule has 0 fully saturated rings. The monoisotopic (exact) mass is 438 g/mol. The zero-order chi connectivity index (χ0) is 21.6. The van der Waals surface area contributed by atoms with Gasteiger partial charge in [-0.1, -0.05) is 30.7 Å². The Hall–Kier alpha value is -2.58. The number of nitrogens with one attached hydrogen (secondary N) is 1. The zero-order valence-electron chi connectivity index (χ0n) is 16.4. The number of esters is 1. The highest BCUT2D eigenvalue weighted by atomic mass is 35.5. The van der Waals surface area contributed by atoms with Crippen LogP contribution in [-0.4, -0.2) is 39.2 Å². The summed E-state index contributed by atoms with van der Waals surface area (Å²) >= 11 is 5.90. The van der Waals surface area contributed by atoms with Crippen molar-refractivity contribution < 1.29 is 22.7 Å². The molecule has 0 heterocycles. The fourth-order valence-corrected chi connectivity index (χ4v) is 4.18. The highest BCUT2D eigenvalue weighted by Gasteiger charge is 2.32. The molecule has 7 nitrogen and oxygen atoms in total. The van der Waals surface area contributed by atoms with Crippen molar-refractivity contribution in [2.75, 3.05) is 22.5 Å². The number of rotatable bonds is 8. The van der Waals surface area contributed by atoms with E-state index in [0.717, 1.165) is 10.6 Å². The van der Waals surface area contributed by atoms with Crippen LogP contribution in [0.1, 0.15) is 30.6 Å². The Morgan fingerprint density at radius 3 is 2.28 bits per heavy atom. The molecule has 0 spiro atoms. The number of nitrogens with zero attached hydrogens (tertiary/aromatic N) is 1. The summed E-state index contributed by atoms with van der Waals surface area (Å²) in [5.41, 5.74) is 0.756. The van der Waals surface area contributed by atoms with E-state index >= 15 is 0 Å². The first kappa shape index (κ1) is 22.7. The van der Waals surface area contributed by atoms with Gasteiger partial charge in [0.1, 0.15) is 6.04 Å². The van der Waals surface area contributed by atoms with Crippen LogP contribution in [0, 0.1) is 0 Å². The van der Waals surface area contributed by atoms with Crippen LogP contribution < -0.4 is 9.62 Å². The molecule has 2 aromatic rings. The average Bonchev–Trinajstić information content (AvgIpc) is 2.66. The van der Waals surface area contributed by atoms with Gasteiger partial charge in [-0.15, -0.1) is 0 Å². The van der Waals surface area contributed by atoms with Crippen LogP contribution in [-0.2, 0) is 19.6 Å². The van der Waals surface area contributed by atoms with E-state index < -0.39 is 27.9 Å². The van der Waals surface area contributed by atoms with Gasteiger partial charge in [0.05, 0.1) is 29.8 Å². The molecule has 0 aliphatic heterocycles. The maximum atomic E-state index is 13.0. The Bertz CT molecular complexity index is 977. The molecule has 0 saturated carbocycles. The first-order valence-electron chi connectivity index (χ1n) is 9.01. The molecule has 0 radical (unpaired) electrons. The van der Waals surface area contributed by atoms with Gasteiger partial charge < -0.3 is 10.1 Å². The fraction of sp³-hybridized carbons (Fsp3) is 0.300. The molecule has 1 atom stereocenters. The summed E-state index contributed by atoms with van der Waals surface area (Å²) in [4.78, 5) is 25.1. The van der Waals surface area contributed by atoms with Crippen LogP contribution in [0.25, 0.3) is 0 Å². The maximum Gasteiger partial charge on any atom is 0.340 e. The topological polar surface area (TPSA) is 92.8 Å². The third-order valence-electron chi connectivity index (χ3n) is 4.09. The lowest BCUT2D eigenvalue weighted by Gasteiger charge is -2.30. The van der Waals surface area contributed by atoms with Crippen LogP contribution in [0.15, 0.2) is 48.5 Å².